The molecule has 1 fully saturated rings. The molecule has 1 amide bonds. The van der Waals surface area contributed by atoms with Gasteiger partial charge in [-0.2, -0.15) is 0 Å². The zero-order chi connectivity index (χ0) is 21.6. The van der Waals surface area contributed by atoms with Crippen LogP contribution in [0.5, 0.6) is 0 Å². The molecule has 0 bridgehead atoms. The SMILES string of the molecule is CC(C)CN(C(=O)c1ccccc1)c1ccc(N2CCN(c3ccccc3)CC2)cc1. The monoisotopic (exact) mass is 413 g/mol. The predicted octanol–water partition coefficient (Wildman–Crippen LogP) is 5.32. The highest BCUT2D eigenvalue weighted by molar-refractivity contribution is 6.06. The zero-order valence-corrected chi connectivity index (χ0v) is 18.4. The van der Waals surface area contributed by atoms with E-state index in [1.165, 1.54) is 11.4 Å². The Balaban J connectivity index is 1.45. The molecule has 1 aliphatic rings. The summed E-state index contributed by atoms with van der Waals surface area (Å²) in [6.45, 7) is 9.00. The summed E-state index contributed by atoms with van der Waals surface area (Å²) in [5, 5.41) is 0. The van der Waals surface area contributed by atoms with Gasteiger partial charge in [-0.1, -0.05) is 50.2 Å². The predicted molar refractivity (Wildman–Crippen MR) is 130 cm³/mol. The Bertz CT molecular complexity index is 962. The summed E-state index contributed by atoms with van der Waals surface area (Å²) in [4.78, 5) is 19.9. The van der Waals surface area contributed by atoms with Gasteiger partial charge in [-0.25, -0.2) is 0 Å². The Morgan fingerprint density at radius 2 is 1.23 bits per heavy atom. The van der Waals surface area contributed by atoms with Crippen LogP contribution in [0.2, 0.25) is 0 Å². The van der Waals surface area contributed by atoms with Gasteiger partial charge in [0.15, 0.2) is 0 Å². The van der Waals surface area contributed by atoms with E-state index in [0.717, 1.165) is 37.4 Å². The van der Waals surface area contributed by atoms with E-state index < -0.39 is 0 Å². The highest BCUT2D eigenvalue weighted by Crippen LogP contribution is 2.25. The van der Waals surface area contributed by atoms with E-state index in [9.17, 15) is 4.79 Å². The summed E-state index contributed by atoms with van der Waals surface area (Å²) in [6, 6.07) is 28.6. The molecule has 3 aromatic carbocycles. The van der Waals surface area contributed by atoms with Crippen molar-refractivity contribution in [3.05, 3.63) is 90.5 Å². The van der Waals surface area contributed by atoms with Crippen LogP contribution in [0.1, 0.15) is 24.2 Å². The minimum absolute atomic E-state index is 0.0542. The topological polar surface area (TPSA) is 26.8 Å². The van der Waals surface area contributed by atoms with Crippen molar-refractivity contribution in [2.75, 3.05) is 47.4 Å². The molecule has 3 aromatic rings. The Hall–Kier alpha value is -3.27. The lowest BCUT2D eigenvalue weighted by Crippen LogP contribution is -2.46. The third kappa shape index (κ3) is 5.08. The fourth-order valence-electron chi connectivity index (χ4n) is 4.11. The molecule has 0 atom stereocenters. The number of para-hydroxylation sites is 1. The molecule has 1 heterocycles. The lowest BCUT2D eigenvalue weighted by molar-refractivity contribution is 0.0984. The highest BCUT2D eigenvalue weighted by Gasteiger charge is 2.20. The van der Waals surface area contributed by atoms with E-state index in [1.807, 2.05) is 35.2 Å². The second-order valence-corrected chi connectivity index (χ2v) is 8.50. The molecule has 0 aliphatic carbocycles. The number of carbonyl (C=O) groups is 1. The normalized spacial score (nSPS) is 14.0. The van der Waals surface area contributed by atoms with Gasteiger partial charge in [-0.05, 0) is 54.4 Å². The second-order valence-electron chi connectivity index (χ2n) is 8.50. The Morgan fingerprint density at radius 3 is 1.74 bits per heavy atom. The van der Waals surface area contributed by atoms with Crippen LogP contribution in [0.3, 0.4) is 0 Å². The molecule has 0 radical (unpaired) electrons. The highest BCUT2D eigenvalue weighted by atomic mass is 16.2. The summed E-state index contributed by atoms with van der Waals surface area (Å²) in [5.74, 6) is 0.442. The molecular weight excluding hydrogens is 382 g/mol. The average Bonchev–Trinajstić information content (AvgIpc) is 2.83. The van der Waals surface area contributed by atoms with Gasteiger partial charge in [0.2, 0.25) is 0 Å². The van der Waals surface area contributed by atoms with Crippen molar-refractivity contribution in [3.8, 4) is 0 Å². The molecule has 1 saturated heterocycles. The zero-order valence-electron chi connectivity index (χ0n) is 18.4. The van der Waals surface area contributed by atoms with Gasteiger partial charge in [-0.15, -0.1) is 0 Å². The number of hydrogen-bond acceptors (Lipinski definition) is 3. The summed E-state index contributed by atoms with van der Waals surface area (Å²) in [6.07, 6.45) is 0. The molecular formula is C27H31N3O. The standard InChI is InChI=1S/C27H31N3O/c1-22(2)21-30(27(31)23-9-5-3-6-10-23)26-15-13-25(14-16-26)29-19-17-28(18-20-29)24-11-7-4-8-12-24/h3-16,22H,17-21H2,1-2H3. The van der Waals surface area contributed by atoms with Crippen molar-refractivity contribution in [1.82, 2.24) is 0 Å². The Kier molecular flexibility index (Phi) is 6.56. The van der Waals surface area contributed by atoms with Gasteiger partial charge in [0, 0.05) is 55.3 Å². The summed E-state index contributed by atoms with van der Waals surface area (Å²) >= 11 is 0. The van der Waals surface area contributed by atoms with Gasteiger partial charge in [0.05, 0.1) is 0 Å². The largest absolute Gasteiger partial charge is 0.368 e. The van der Waals surface area contributed by atoms with Crippen molar-refractivity contribution >= 4 is 23.0 Å². The van der Waals surface area contributed by atoms with Crippen LogP contribution in [0.25, 0.3) is 0 Å². The third-order valence-electron chi connectivity index (χ3n) is 5.74. The number of piperazine rings is 1. The van der Waals surface area contributed by atoms with Crippen LogP contribution < -0.4 is 14.7 Å². The molecule has 4 heteroatoms. The molecule has 0 unspecified atom stereocenters. The maximum atomic E-state index is 13.1. The Labute approximate surface area is 185 Å². The molecule has 0 saturated carbocycles. The summed E-state index contributed by atoms with van der Waals surface area (Å²) in [7, 11) is 0. The molecule has 0 N–H and O–H groups in total. The molecule has 0 spiro atoms. The number of hydrogen-bond donors (Lipinski definition) is 0. The van der Waals surface area contributed by atoms with Crippen molar-refractivity contribution in [1.29, 1.82) is 0 Å². The van der Waals surface area contributed by atoms with E-state index in [1.54, 1.807) is 0 Å². The van der Waals surface area contributed by atoms with E-state index in [-0.39, 0.29) is 5.91 Å². The molecule has 4 nitrogen and oxygen atoms in total. The van der Waals surface area contributed by atoms with E-state index in [4.69, 9.17) is 0 Å². The van der Waals surface area contributed by atoms with Crippen LogP contribution in [-0.2, 0) is 0 Å². The fourth-order valence-corrected chi connectivity index (χ4v) is 4.11. The van der Waals surface area contributed by atoms with Crippen LogP contribution in [-0.4, -0.2) is 38.6 Å². The first-order valence-corrected chi connectivity index (χ1v) is 11.1. The lowest BCUT2D eigenvalue weighted by atomic mass is 10.1. The van der Waals surface area contributed by atoms with Crippen LogP contribution in [0.15, 0.2) is 84.9 Å². The molecule has 4 rings (SSSR count). The maximum Gasteiger partial charge on any atom is 0.258 e. The van der Waals surface area contributed by atoms with Crippen molar-refractivity contribution in [2.24, 2.45) is 5.92 Å². The summed E-state index contributed by atoms with van der Waals surface area (Å²) in [5.41, 5.74) is 4.19. The first-order valence-electron chi connectivity index (χ1n) is 11.1. The Morgan fingerprint density at radius 1 is 0.742 bits per heavy atom. The fraction of sp³-hybridized carbons (Fsp3) is 0.296. The number of anilines is 3. The number of benzene rings is 3. The van der Waals surface area contributed by atoms with Gasteiger partial charge in [0.1, 0.15) is 0 Å². The minimum Gasteiger partial charge on any atom is -0.368 e. The summed E-state index contributed by atoms with van der Waals surface area (Å²) < 4.78 is 0. The van der Waals surface area contributed by atoms with Crippen LogP contribution >= 0.6 is 0 Å². The lowest BCUT2D eigenvalue weighted by Gasteiger charge is -2.37. The van der Waals surface area contributed by atoms with Crippen molar-refractivity contribution < 1.29 is 4.79 Å². The van der Waals surface area contributed by atoms with E-state index >= 15 is 0 Å². The smallest absolute Gasteiger partial charge is 0.258 e. The molecule has 160 valence electrons. The van der Waals surface area contributed by atoms with Gasteiger partial charge < -0.3 is 14.7 Å². The first kappa shape index (κ1) is 21.0. The van der Waals surface area contributed by atoms with Crippen LogP contribution in [0.4, 0.5) is 17.1 Å². The maximum absolute atomic E-state index is 13.1. The average molecular weight is 414 g/mol. The number of carbonyl (C=O) groups excluding carboxylic acids is 1. The first-order chi connectivity index (χ1) is 15.1. The van der Waals surface area contributed by atoms with Crippen molar-refractivity contribution in [2.45, 2.75) is 13.8 Å². The molecule has 0 aromatic heterocycles. The second kappa shape index (κ2) is 9.69. The third-order valence-corrected chi connectivity index (χ3v) is 5.74. The van der Waals surface area contributed by atoms with Gasteiger partial charge >= 0.3 is 0 Å². The van der Waals surface area contributed by atoms with Gasteiger partial charge in [-0.3, -0.25) is 4.79 Å². The molecule has 1 aliphatic heterocycles. The quantitative estimate of drug-likeness (QED) is 0.547. The number of rotatable bonds is 6. The minimum atomic E-state index is 0.0542. The number of amides is 1. The molecule has 31 heavy (non-hydrogen) atoms. The number of nitrogens with zero attached hydrogens (tertiary/aromatic N) is 3. The van der Waals surface area contributed by atoms with Crippen LogP contribution in [0, 0.1) is 5.92 Å². The van der Waals surface area contributed by atoms with E-state index in [2.05, 4.69) is 78.2 Å². The van der Waals surface area contributed by atoms with E-state index in [0.29, 0.717) is 12.5 Å². The van der Waals surface area contributed by atoms with Crippen molar-refractivity contribution in [3.63, 3.8) is 0 Å². The van der Waals surface area contributed by atoms with Gasteiger partial charge in [0.25, 0.3) is 5.91 Å².